The predicted octanol–water partition coefficient (Wildman–Crippen LogP) is 26.8. The summed E-state index contributed by atoms with van der Waals surface area (Å²) in [4.78, 5) is 9.03. The van der Waals surface area contributed by atoms with Crippen LogP contribution in [0.1, 0.15) is 0 Å². The van der Waals surface area contributed by atoms with Crippen LogP contribution >= 0.6 is 0 Å². The summed E-state index contributed by atoms with van der Waals surface area (Å²) in [5, 5.41) is 41.0. The Kier molecular flexibility index (Phi) is 13.6. The van der Waals surface area contributed by atoms with E-state index in [4.69, 9.17) is 0 Å². The summed E-state index contributed by atoms with van der Waals surface area (Å²) in [5.74, 6) is 0. The largest absolute Gasteiger partial charge is 0.245 e. The molecule has 2 nitrogen and oxygen atoms in total. The van der Waals surface area contributed by atoms with Gasteiger partial charge < -0.3 is 0 Å². The molecule has 21 aromatic carbocycles. The second kappa shape index (κ2) is 23.5. The summed E-state index contributed by atoms with van der Waals surface area (Å²) in [6.07, 6.45) is 0. The molecule has 1 aromatic heterocycles. The highest BCUT2D eigenvalue weighted by molar-refractivity contribution is 6.45. The number of benzene rings is 21. The molecule has 454 valence electrons. The lowest BCUT2D eigenvalue weighted by Gasteiger charge is -2.20. The Morgan fingerprint density at radius 1 is 0.122 bits per heavy atom. The topological polar surface area (TPSA) is 25.8 Å². The molecule has 2 aliphatic rings. The van der Waals surface area contributed by atoms with Crippen molar-refractivity contribution in [2.75, 3.05) is 0 Å². The fourth-order valence-corrected chi connectivity index (χ4v) is 15.7. The maximum atomic E-state index is 4.52. The first-order valence-electron chi connectivity index (χ1n) is 33.8. The van der Waals surface area contributed by atoms with Crippen LogP contribution in [0.5, 0.6) is 0 Å². The minimum absolute atomic E-state index is 0.950. The van der Waals surface area contributed by atoms with E-state index in [-0.39, 0.29) is 0 Å². The maximum Gasteiger partial charge on any atom is 0.0894 e. The molecule has 0 aliphatic heterocycles. The molecule has 2 aliphatic carbocycles. The Morgan fingerprint density at radius 2 is 0.316 bits per heavy atom. The third-order valence-electron chi connectivity index (χ3n) is 20.2. The summed E-state index contributed by atoms with van der Waals surface area (Å²) >= 11 is 0. The molecule has 22 aromatic rings. The summed E-state index contributed by atoms with van der Waals surface area (Å²) < 4.78 is 0. The van der Waals surface area contributed by atoms with Crippen LogP contribution in [0.4, 0.5) is 0 Å². The average molecular weight is 1240 g/mol. The second-order valence-electron chi connectivity index (χ2n) is 25.8. The molecule has 0 spiro atoms. The Labute approximate surface area is 565 Å². The van der Waals surface area contributed by atoms with Gasteiger partial charge in [0.2, 0.25) is 0 Å². The Balaban J connectivity index is 0.0000000845. The van der Waals surface area contributed by atoms with Crippen LogP contribution in [-0.4, -0.2) is 9.97 Å². The first-order valence-corrected chi connectivity index (χ1v) is 33.8. The number of fused-ring (bicyclic) bond motifs is 9. The summed E-state index contributed by atoms with van der Waals surface area (Å²) in [7, 11) is 0. The monoisotopic (exact) mass is 1240 g/mol. The minimum atomic E-state index is 0.950. The fraction of sp³-hybridized carbons (Fsp3) is 0. The minimum Gasteiger partial charge on any atom is -0.245 e. The molecule has 0 N–H and O–H groups in total. The van der Waals surface area contributed by atoms with Gasteiger partial charge in [0.1, 0.15) is 0 Å². The zero-order chi connectivity index (χ0) is 64.6. The van der Waals surface area contributed by atoms with Gasteiger partial charge in [0.05, 0.1) is 22.1 Å². The van der Waals surface area contributed by atoms with Gasteiger partial charge in [-0.15, -0.1) is 0 Å². The number of rotatable bonds is 0. The van der Waals surface area contributed by atoms with Crippen LogP contribution in [0.25, 0.3) is 195 Å². The third-order valence-corrected chi connectivity index (χ3v) is 20.2. The average Bonchev–Trinajstić information content (AvgIpc) is 0.755. The molecule has 98 heavy (non-hydrogen) atoms. The summed E-state index contributed by atoms with van der Waals surface area (Å²) in [5.41, 5.74) is 6.42. The fourth-order valence-electron chi connectivity index (χ4n) is 15.7. The highest BCUT2D eigenvalue weighted by atomic mass is 14.8. The van der Waals surface area contributed by atoms with Gasteiger partial charge in [-0.3, -0.25) is 0 Å². The lowest BCUT2D eigenvalue weighted by Crippen LogP contribution is -1.91. The van der Waals surface area contributed by atoms with Crippen molar-refractivity contribution >= 4 is 184 Å². The van der Waals surface area contributed by atoms with E-state index in [1.54, 1.807) is 0 Å². The number of aromatic nitrogens is 2. The second-order valence-corrected chi connectivity index (χ2v) is 25.8. The van der Waals surface area contributed by atoms with Crippen LogP contribution < -0.4 is 0 Å². The summed E-state index contributed by atoms with van der Waals surface area (Å²) in [6, 6.07) is 130. The number of para-hydroxylation sites is 4. The Bertz CT molecular complexity index is 6080. The normalized spacial score (nSPS) is 11.7. The number of hydrogen-bond acceptors (Lipinski definition) is 2. The smallest absolute Gasteiger partial charge is 0.0894 e. The maximum absolute atomic E-state index is 4.52. The molecular weight excluding hydrogens is 1180 g/mol. The van der Waals surface area contributed by atoms with Crippen LogP contribution in [0.15, 0.2) is 364 Å². The molecular formula is C96H60N2. The van der Waals surface area contributed by atoms with E-state index in [0.717, 1.165) is 22.1 Å². The van der Waals surface area contributed by atoms with Crippen molar-refractivity contribution in [1.29, 1.82) is 0 Å². The molecule has 0 unspecified atom stereocenters. The number of hydrogen-bond donors (Lipinski definition) is 0. The first kappa shape index (κ1) is 56.6. The third kappa shape index (κ3) is 9.64. The molecule has 24 rings (SSSR count). The molecule has 0 saturated carbocycles. The summed E-state index contributed by atoms with van der Waals surface area (Å²) in [6.45, 7) is 0. The van der Waals surface area contributed by atoms with Crippen molar-refractivity contribution < 1.29 is 0 Å². The van der Waals surface area contributed by atoms with Gasteiger partial charge in [-0.05, 0) is 209 Å². The van der Waals surface area contributed by atoms with Crippen molar-refractivity contribution in [2.45, 2.75) is 0 Å². The molecule has 0 atom stereocenters. The van der Waals surface area contributed by atoms with Crippen LogP contribution in [0, 0.1) is 0 Å². The van der Waals surface area contributed by atoms with Gasteiger partial charge in [0.15, 0.2) is 0 Å². The van der Waals surface area contributed by atoms with Crippen molar-refractivity contribution in [3.05, 3.63) is 364 Å². The van der Waals surface area contributed by atoms with Crippen molar-refractivity contribution in [1.82, 2.24) is 9.97 Å². The highest BCUT2D eigenvalue weighted by Crippen LogP contribution is 2.49. The first-order chi connectivity index (χ1) is 48.6. The van der Waals surface area contributed by atoms with E-state index in [1.165, 1.54) is 173 Å². The zero-order valence-corrected chi connectivity index (χ0v) is 53.5. The van der Waals surface area contributed by atoms with Gasteiger partial charge in [-0.1, -0.05) is 328 Å². The molecule has 0 fully saturated rings. The van der Waals surface area contributed by atoms with Crippen LogP contribution in [0.2, 0.25) is 0 Å². The zero-order valence-electron chi connectivity index (χ0n) is 53.5. The van der Waals surface area contributed by atoms with E-state index in [2.05, 4.69) is 319 Å². The standard InChI is InChI=1S/C24H12.C22H12.2C14H10.C12H8N2.C10H8/c1-2-14-5-6-16-9-11-18-12-10-17-8-7-15-4-3-13(1)19-20(14)22(16)24(18)23(17)21(15)19;1-3-13-7-9-15-11-12-16-10-8-14-4-2-6-18-17(5-1)19(13)21(15)22(16)20(14)18;1-3-7-13-11(5-1)9-10-12-6-2-4-8-14(12)13;1-2-6-12-10-14-8-4-3-7-13(14)9-11(12)5-1;1-2-6-10-9(5-1)13-11-7-3-4-8-12(11)14-10;1-2-5-9-7-4-8-10(9)6-3-1/h1-12H;1-12H;2*1-10H;1-8H;1-8H. The SMILES string of the molecule is c1cc2ccc3ccc4ccc5ccc6ccc1c1c2c3c4c5c61.c1cc2ccc3ccc4ccc5cccc6c(c1)c2c3c4c56.c1ccc2c(c1)ccc1ccccc12.c1ccc2cc3ccccc3cc2c1.c1ccc2cccc-2cc1.c1ccc2nc3ccccc3nc2c1. The number of nitrogens with zero attached hydrogens (tertiary/aromatic N) is 2. The highest BCUT2D eigenvalue weighted by Gasteiger charge is 2.20. The van der Waals surface area contributed by atoms with E-state index >= 15 is 0 Å². The lowest BCUT2D eigenvalue weighted by molar-refractivity contribution is 1.39. The van der Waals surface area contributed by atoms with Crippen LogP contribution in [-0.2, 0) is 0 Å². The molecule has 0 bridgehead atoms. The van der Waals surface area contributed by atoms with E-state index in [9.17, 15) is 0 Å². The van der Waals surface area contributed by atoms with Gasteiger partial charge >= 0.3 is 0 Å². The Morgan fingerprint density at radius 3 is 0.622 bits per heavy atom. The lowest BCUT2D eigenvalue weighted by atomic mass is 9.83. The van der Waals surface area contributed by atoms with Gasteiger partial charge in [0, 0.05) is 0 Å². The Hall–Kier alpha value is -12.9. The molecule has 2 heteroatoms. The van der Waals surface area contributed by atoms with E-state index < -0.39 is 0 Å². The molecule has 0 amide bonds. The van der Waals surface area contributed by atoms with Crippen LogP contribution in [0.3, 0.4) is 0 Å². The van der Waals surface area contributed by atoms with Crippen molar-refractivity contribution in [2.24, 2.45) is 0 Å². The van der Waals surface area contributed by atoms with E-state index in [1.807, 2.05) is 54.6 Å². The predicted molar refractivity (Wildman–Crippen MR) is 424 cm³/mol. The quantitative estimate of drug-likeness (QED) is 0.112. The van der Waals surface area contributed by atoms with Gasteiger partial charge in [0.25, 0.3) is 0 Å². The van der Waals surface area contributed by atoms with Gasteiger partial charge in [-0.25, -0.2) is 9.97 Å². The molecule has 0 saturated heterocycles. The van der Waals surface area contributed by atoms with E-state index in [0.29, 0.717) is 0 Å². The molecule has 1 heterocycles. The molecule has 0 radical (unpaired) electrons. The van der Waals surface area contributed by atoms with Crippen molar-refractivity contribution in [3.8, 4) is 11.1 Å². The van der Waals surface area contributed by atoms with Crippen molar-refractivity contribution in [3.63, 3.8) is 0 Å². The van der Waals surface area contributed by atoms with Gasteiger partial charge in [-0.2, -0.15) is 0 Å².